The molecule has 0 amide bonds. The van der Waals surface area contributed by atoms with Crippen LogP contribution in [-0.2, 0) is 6.18 Å². The van der Waals surface area contributed by atoms with Crippen LogP contribution in [0.5, 0.6) is 0 Å². The fraction of sp³-hybridized carbons (Fsp3) is 0.167. The summed E-state index contributed by atoms with van der Waals surface area (Å²) in [4.78, 5) is 7.50. The molecule has 2 N–H and O–H groups in total. The fourth-order valence-corrected chi connectivity index (χ4v) is 1.68. The lowest BCUT2D eigenvalue weighted by atomic mass is 9.96. The molecule has 2 aromatic rings. The first-order valence-electron chi connectivity index (χ1n) is 5.17. The minimum absolute atomic E-state index is 0.0137. The van der Waals surface area contributed by atoms with Crippen molar-refractivity contribution in [1.29, 1.82) is 0 Å². The Hall–Kier alpha value is -1.95. The van der Waals surface area contributed by atoms with Crippen molar-refractivity contribution < 1.29 is 13.2 Å². The van der Waals surface area contributed by atoms with Gasteiger partial charge in [0.1, 0.15) is 6.33 Å². The Morgan fingerprint density at radius 1 is 1.06 bits per heavy atom. The highest BCUT2D eigenvalue weighted by atomic mass is 19.4. The minimum Gasteiger partial charge on any atom is -0.320 e. The summed E-state index contributed by atoms with van der Waals surface area (Å²) in [6.45, 7) is 0. The zero-order valence-corrected chi connectivity index (χ0v) is 9.22. The quantitative estimate of drug-likeness (QED) is 0.894. The minimum atomic E-state index is -4.43. The fourth-order valence-electron chi connectivity index (χ4n) is 1.68. The maximum absolute atomic E-state index is 12.8. The van der Waals surface area contributed by atoms with Gasteiger partial charge in [0.2, 0.25) is 0 Å². The van der Waals surface area contributed by atoms with E-state index in [0.717, 1.165) is 6.07 Å². The molecule has 0 saturated carbocycles. The number of nitrogens with two attached hydrogens (primary N) is 1. The molecule has 0 bridgehead atoms. The van der Waals surface area contributed by atoms with Crippen molar-refractivity contribution in [3.05, 3.63) is 59.7 Å². The summed E-state index contributed by atoms with van der Waals surface area (Å²) in [5.41, 5.74) is 5.55. The van der Waals surface area contributed by atoms with Crippen LogP contribution in [0, 0.1) is 0 Å². The predicted molar refractivity (Wildman–Crippen MR) is 59.5 cm³/mol. The van der Waals surface area contributed by atoms with Gasteiger partial charge in [0.05, 0.1) is 11.6 Å². The third kappa shape index (κ3) is 2.48. The lowest BCUT2D eigenvalue weighted by Crippen LogP contribution is -2.18. The molecule has 94 valence electrons. The predicted octanol–water partition coefficient (Wildman–Crippen LogP) is 2.54. The van der Waals surface area contributed by atoms with E-state index < -0.39 is 17.8 Å². The molecule has 0 aliphatic carbocycles. The normalized spacial score (nSPS) is 13.3. The van der Waals surface area contributed by atoms with Crippen molar-refractivity contribution in [3.8, 4) is 0 Å². The van der Waals surface area contributed by atoms with Crippen molar-refractivity contribution in [3.63, 3.8) is 0 Å². The van der Waals surface area contributed by atoms with Gasteiger partial charge in [-0.3, -0.25) is 0 Å². The number of halogens is 3. The highest BCUT2D eigenvalue weighted by molar-refractivity contribution is 5.37. The van der Waals surface area contributed by atoms with E-state index in [2.05, 4.69) is 9.97 Å². The first kappa shape index (κ1) is 12.5. The van der Waals surface area contributed by atoms with Crippen LogP contribution in [-0.4, -0.2) is 9.97 Å². The Morgan fingerprint density at radius 3 is 2.28 bits per heavy atom. The average Bonchev–Trinajstić information content (AvgIpc) is 2.38. The zero-order valence-electron chi connectivity index (χ0n) is 9.22. The molecule has 6 heteroatoms. The summed E-state index contributed by atoms with van der Waals surface area (Å²) in [6.07, 6.45) is -0.314. The summed E-state index contributed by atoms with van der Waals surface area (Å²) in [5, 5.41) is 0. The van der Waals surface area contributed by atoms with Gasteiger partial charge >= 0.3 is 6.18 Å². The average molecular weight is 253 g/mol. The highest BCUT2D eigenvalue weighted by Gasteiger charge is 2.34. The second kappa shape index (κ2) is 4.73. The SMILES string of the molecule is NC(c1cncnc1)c1ccccc1C(F)(F)F. The van der Waals surface area contributed by atoms with Gasteiger partial charge in [-0.1, -0.05) is 18.2 Å². The zero-order chi connectivity index (χ0) is 13.2. The van der Waals surface area contributed by atoms with E-state index in [9.17, 15) is 13.2 Å². The molecule has 1 unspecified atom stereocenters. The van der Waals surface area contributed by atoms with Gasteiger partial charge in [0, 0.05) is 18.0 Å². The first-order chi connectivity index (χ1) is 8.50. The van der Waals surface area contributed by atoms with E-state index in [1.54, 1.807) is 0 Å². The van der Waals surface area contributed by atoms with Gasteiger partial charge in [-0.15, -0.1) is 0 Å². The molecule has 0 radical (unpaired) electrons. The van der Waals surface area contributed by atoms with Crippen molar-refractivity contribution in [2.45, 2.75) is 12.2 Å². The second-order valence-corrected chi connectivity index (χ2v) is 3.73. The number of alkyl halides is 3. The molecule has 0 aliphatic rings. The van der Waals surface area contributed by atoms with E-state index >= 15 is 0 Å². The highest BCUT2D eigenvalue weighted by Crippen LogP contribution is 2.35. The van der Waals surface area contributed by atoms with Crippen LogP contribution >= 0.6 is 0 Å². The maximum Gasteiger partial charge on any atom is 0.416 e. The van der Waals surface area contributed by atoms with Crippen molar-refractivity contribution in [1.82, 2.24) is 9.97 Å². The number of aromatic nitrogens is 2. The van der Waals surface area contributed by atoms with Gasteiger partial charge < -0.3 is 5.73 Å². The maximum atomic E-state index is 12.8. The van der Waals surface area contributed by atoms with E-state index in [1.807, 2.05) is 0 Å². The molecule has 1 atom stereocenters. The van der Waals surface area contributed by atoms with Crippen molar-refractivity contribution >= 4 is 0 Å². The van der Waals surface area contributed by atoms with E-state index in [1.165, 1.54) is 36.9 Å². The molecule has 1 heterocycles. The molecule has 1 aromatic heterocycles. The number of hydrogen-bond donors (Lipinski definition) is 1. The lowest BCUT2D eigenvalue weighted by molar-refractivity contribution is -0.138. The number of benzene rings is 1. The molecule has 3 nitrogen and oxygen atoms in total. The topological polar surface area (TPSA) is 51.8 Å². The largest absolute Gasteiger partial charge is 0.416 e. The molecular formula is C12H10F3N3. The Kier molecular flexibility index (Phi) is 3.29. The van der Waals surface area contributed by atoms with Crippen LogP contribution in [0.3, 0.4) is 0 Å². The van der Waals surface area contributed by atoms with Crippen LogP contribution in [0.15, 0.2) is 43.0 Å². The van der Waals surface area contributed by atoms with E-state index in [-0.39, 0.29) is 5.56 Å². The van der Waals surface area contributed by atoms with Gasteiger partial charge in [0.25, 0.3) is 0 Å². The summed E-state index contributed by atoms with van der Waals surface area (Å²) >= 11 is 0. The molecule has 2 rings (SSSR count). The van der Waals surface area contributed by atoms with Crippen LogP contribution in [0.1, 0.15) is 22.7 Å². The summed E-state index contributed by atoms with van der Waals surface area (Å²) in [6, 6.07) is 4.33. The van der Waals surface area contributed by atoms with Gasteiger partial charge in [-0.2, -0.15) is 13.2 Å². The molecule has 0 saturated heterocycles. The third-order valence-corrected chi connectivity index (χ3v) is 2.54. The Balaban J connectivity index is 2.46. The number of rotatable bonds is 2. The smallest absolute Gasteiger partial charge is 0.320 e. The monoisotopic (exact) mass is 253 g/mol. The van der Waals surface area contributed by atoms with Crippen LogP contribution < -0.4 is 5.73 Å². The van der Waals surface area contributed by atoms with Gasteiger partial charge in [-0.25, -0.2) is 9.97 Å². The Labute approximate surface area is 101 Å². The van der Waals surface area contributed by atoms with Gasteiger partial charge in [-0.05, 0) is 11.6 Å². The first-order valence-corrected chi connectivity index (χ1v) is 5.17. The molecule has 18 heavy (non-hydrogen) atoms. The summed E-state index contributed by atoms with van der Waals surface area (Å²) in [7, 11) is 0. The summed E-state index contributed by atoms with van der Waals surface area (Å²) in [5.74, 6) is 0. The van der Waals surface area contributed by atoms with Crippen molar-refractivity contribution in [2.75, 3.05) is 0 Å². The molecule has 0 fully saturated rings. The van der Waals surface area contributed by atoms with E-state index in [0.29, 0.717) is 5.56 Å². The van der Waals surface area contributed by atoms with Crippen LogP contribution in [0.25, 0.3) is 0 Å². The Morgan fingerprint density at radius 2 is 1.67 bits per heavy atom. The number of nitrogens with zero attached hydrogens (tertiary/aromatic N) is 2. The van der Waals surface area contributed by atoms with Crippen molar-refractivity contribution in [2.24, 2.45) is 5.73 Å². The molecule has 1 aromatic carbocycles. The van der Waals surface area contributed by atoms with E-state index in [4.69, 9.17) is 5.73 Å². The molecule has 0 spiro atoms. The standard InChI is InChI=1S/C12H10F3N3/c13-12(14,15)10-4-2-1-3-9(10)11(16)8-5-17-7-18-6-8/h1-7,11H,16H2. The number of hydrogen-bond acceptors (Lipinski definition) is 3. The Bertz CT molecular complexity index is 526. The molecular weight excluding hydrogens is 243 g/mol. The van der Waals surface area contributed by atoms with Crippen LogP contribution in [0.2, 0.25) is 0 Å². The van der Waals surface area contributed by atoms with Crippen LogP contribution in [0.4, 0.5) is 13.2 Å². The summed E-state index contributed by atoms with van der Waals surface area (Å²) < 4.78 is 38.5. The second-order valence-electron chi connectivity index (χ2n) is 3.73. The van der Waals surface area contributed by atoms with Gasteiger partial charge in [0.15, 0.2) is 0 Å². The third-order valence-electron chi connectivity index (χ3n) is 2.54. The lowest BCUT2D eigenvalue weighted by Gasteiger charge is -2.17. The molecule has 0 aliphatic heterocycles.